The fraction of sp³-hybridized carbons (Fsp3) is 0.571. The number of carbonyl (C=O) groups excluding carboxylic acids is 3. The van der Waals surface area contributed by atoms with Crippen LogP contribution in [0.2, 0.25) is 5.02 Å². The highest BCUT2D eigenvalue weighted by Gasteiger charge is 2.39. The molecule has 164 valence electrons. The molecule has 0 aliphatic carbocycles. The lowest BCUT2D eigenvalue weighted by molar-refractivity contribution is -0.166. The minimum absolute atomic E-state index is 0.00103. The fourth-order valence-electron chi connectivity index (χ4n) is 3.91. The van der Waals surface area contributed by atoms with Crippen LogP contribution in [0.1, 0.15) is 27.2 Å². The summed E-state index contributed by atoms with van der Waals surface area (Å²) in [4.78, 5) is 41.0. The Morgan fingerprint density at radius 2 is 1.87 bits per heavy atom. The lowest BCUT2D eigenvalue weighted by atomic mass is 10.1. The Balaban J connectivity index is 1.63. The SMILES string of the molecule is COc1ccc(Cl)cc1N1CC(C(=O)OC(C)C(=O)N2CC(C)OC(C)C2)CC1=O. The Labute approximate surface area is 181 Å². The van der Waals surface area contributed by atoms with Crippen molar-refractivity contribution in [3.05, 3.63) is 23.2 Å². The third-order valence-electron chi connectivity index (χ3n) is 5.26. The summed E-state index contributed by atoms with van der Waals surface area (Å²) in [5, 5.41) is 0.456. The second-order valence-corrected chi connectivity index (χ2v) is 8.24. The van der Waals surface area contributed by atoms with E-state index in [9.17, 15) is 14.4 Å². The Bertz CT molecular complexity index is 822. The van der Waals surface area contributed by atoms with E-state index in [4.69, 9.17) is 25.8 Å². The Hall–Kier alpha value is -2.32. The predicted octanol–water partition coefficient (Wildman–Crippen LogP) is 2.27. The van der Waals surface area contributed by atoms with Crippen molar-refractivity contribution in [2.45, 2.75) is 45.5 Å². The minimum atomic E-state index is -0.931. The number of amides is 2. The van der Waals surface area contributed by atoms with Gasteiger partial charge in [-0.15, -0.1) is 0 Å². The van der Waals surface area contributed by atoms with Gasteiger partial charge >= 0.3 is 5.97 Å². The number of nitrogens with zero attached hydrogens (tertiary/aromatic N) is 2. The van der Waals surface area contributed by atoms with E-state index in [0.717, 1.165) is 0 Å². The quantitative estimate of drug-likeness (QED) is 0.655. The molecule has 0 N–H and O–H groups in total. The molecule has 2 fully saturated rings. The normalized spacial score (nSPS) is 25.2. The monoisotopic (exact) mass is 438 g/mol. The zero-order valence-corrected chi connectivity index (χ0v) is 18.3. The number of hydrogen-bond donors (Lipinski definition) is 0. The summed E-state index contributed by atoms with van der Waals surface area (Å²) in [6.07, 6.45) is -1.08. The lowest BCUT2D eigenvalue weighted by Gasteiger charge is -2.36. The highest BCUT2D eigenvalue weighted by Crippen LogP contribution is 2.35. The Kier molecular flexibility index (Phi) is 6.88. The van der Waals surface area contributed by atoms with Crippen LogP contribution in [0.15, 0.2) is 18.2 Å². The zero-order valence-electron chi connectivity index (χ0n) is 17.6. The first-order chi connectivity index (χ1) is 14.2. The maximum Gasteiger partial charge on any atom is 0.312 e. The molecule has 4 unspecified atom stereocenters. The van der Waals surface area contributed by atoms with Gasteiger partial charge in [-0.3, -0.25) is 14.4 Å². The van der Waals surface area contributed by atoms with Crippen LogP contribution in [0.25, 0.3) is 0 Å². The van der Waals surface area contributed by atoms with Crippen LogP contribution >= 0.6 is 11.6 Å². The predicted molar refractivity (Wildman–Crippen MR) is 111 cm³/mol. The van der Waals surface area contributed by atoms with Crippen molar-refractivity contribution in [2.24, 2.45) is 5.92 Å². The van der Waals surface area contributed by atoms with Crippen LogP contribution in [0, 0.1) is 5.92 Å². The molecule has 1 aromatic rings. The Morgan fingerprint density at radius 3 is 2.50 bits per heavy atom. The first kappa shape index (κ1) is 22.4. The van der Waals surface area contributed by atoms with E-state index in [-0.39, 0.29) is 37.0 Å². The minimum Gasteiger partial charge on any atom is -0.495 e. The number of hydrogen-bond acceptors (Lipinski definition) is 6. The number of ether oxygens (including phenoxy) is 3. The van der Waals surface area contributed by atoms with Crippen molar-refractivity contribution in [1.29, 1.82) is 0 Å². The van der Waals surface area contributed by atoms with Crippen LogP contribution in [-0.4, -0.2) is 67.7 Å². The molecule has 9 heteroatoms. The van der Waals surface area contributed by atoms with Gasteiger partial charge in [0.05, 0.1) is 30.9 Å². The zero-order chi connectivity index (χ0) is 22.0. The molecule has 3 rings (SSSR count). The molecule has 2 saturated heterocycles. The number of benzene rings is 1. The summed E-state index contributed by atoms with van der Waals surface area (Å²) in [7, 11) is 1.50. The fourth-order valence-corrected chi connectivity index (χ4v) is 4.07. The molecule has 0 saturated carbocycles. The average Bonchev–Trinajstić information content (AvgIpc) is 3.08. The van der Waals surface area contributed by atoms with Gasteiger partial charge in [0, 0.05) is 31.1 Å². The number of esters is 1. The molecule has 1 aromatic carbocycles. The number of morpholine rings is 1. The van der Waals surface area contributed by atoms with Crippen LogP contribution in [0.4, 0.5) is 5.69 Å². The van der Waals surface area contributed by atoms with Crippen molar-refractivity contribution in [1.82, 2.24) is 4.90 Å². The van der Waals surface area contributed by atoms with E-state index in [2.05, 4.69) is 0 Å². The molecule has 2 amide bonds. The van der Waals surface area contributed by atoms with E-state index in [1.165, 1.54) is 12.0 Å². The smallest absolute Gasteiger partial charge is 0.312 e. The average molecular weight is 439 g/mol. The molecule has 2 aliphatic rings. The van der Waals surface area contributed by atoms with Crippen LogP contribution in [-0.2, 0) is 23.9 Å². The van der Waals surface area contributed by atoms with Gasteiger partial charge in [0.2, 0.25) is 5.91 Å². The largest absolute Gasteiger partial charge is 0.495 e. The maximum absolute atomic E-state index is 12.7. The van der Waals surface area contributed by atoms with Gasteiger partial charge in [0.25, 0.3) is 5.91 Å². The molecule has 0 aromatic heterocycles. The summed E-state index contributed by atoms with van der Waals surface area (Å²) in [5.41, 5.74) is 0.505. The molecule has 30 heavy (non-hydrogen) atoms. The van der Waals surface area contributed by atoms with Crippen molar-refractivity contribution in [3.63, 3.8) is 0 Å². The van der Waals surface area contributed by atoms with E-state index >= 15 is 0 Å². The van der Waals surface area contributed by atoms with Crippen LogP contribution in [0.3, 0.4) is 0 Å². The first-order valence-electron chi connectivity index (χ1n) is 9.98. The number of halogens is 1. The van der Waals surface area contributed by atoms with Gasteiger partial charge in [-0.1, -0.05) is 11.6 Å². The summed E-state index contributed by atoms with van der Waals surface area (Å²) in [5.74, 6) is -1.24. The first-order valence-corrected chi connectivity index (χ1v) is 10.4. The summed E-state index contributed by atoms with van der Waals surface area (Å²) in [6.45, 7) is 6.40. The molecule has 4 atom stereocenters. The van der Waals surface area contributed by atoms with Crippen LogP contribution < -0.4 is 9.64 Å². The summed E-state index contributed by atoms with van der Waals surface area (Å²) < 4.78 is 16.4. The van der Waals surface area contributed by atoms with Crippen LogP contribution in [0.5, 0.6) is 5.75 Å². The van der Waals surface area contributed by atoms with E-state index in [0.29, 0.717) is 29.5 Å². The Morgan fingerprint density at radius 1 is 1.20 bits per heavy atom. The number of rotatable bonds is 5. The van der Waals surface area contributed by atoms with Gasteiger partial charge in [-0.25, -0.2) is 0 Å². The third-order valence-corrected chi connectivity index (χ3v) is 5.50. The van der Waals surface area contributed by atoms with Crippen molar-refractivity contribution < 1.29 is 28.6 Å². The number of methoxy groups -OCH3 is 1. The standard InChI is InChI=1S/C21H27ClN2O6/c1-12-9-23(10-13(2)29-12)20(26)14(3)30-21(27)15-7-19(25)24(11-15)17-8-16(22)5-6-18(17)28-4/h5-6,8,12-15H,7,9-11H2,1-4H3. The molecule has 2 aliphatic heterocycles. The van der Waals surface area contributed by atoms with Gasteiger partial charge in [0.15, 0.2) is 6.10 Å². The van der Waals surface area contributed by atoms with Crippen molar-refractivity contribution in [2.75, 3.05) is 31.6 Å². The maximum atomic E-state index is 12.7. The molecule has 0 spiro atoms. The molecule has 8 nitrogen and oxygen atoms in total. The molecule has 0 radical (unpaired) electrons. The number of anilines is 1. The lowest BCUT2D eigenvalue weighted by Crippen LogP contribution is -2.51. The van der Waals surface area contributed by atoms with Crippen molar-refractivity contribution >= 4 is 35.1 Å². The van der Waals surface area contributed by atoms with E-state index in [1.807, 2.05) is 13.8 Å². The van der Waals surface area contributed by atoms with Gasteiger partial charge in [0.1, 0.15) is 5.75 Å². The third kappa shape index (κ3) is 4.87. The second-order valence-electron chi connectivity index (χ2n) is 7.80. The second kappa shape index (κ2) is 9.22. The van der Waals surface area contributed by atoms with E-state index < -0.39 is 18.0 Å². The summed E-state index contributed by atoms with van der Waals surface area (Å²) in [6, 6.07) is 4.96. The number of carbonyl (C=O) groups is 3. The van der Waals surface area contributed by atoms with Gasteiger partial charge in [-0.2, -0.15) is 0 Å². The van der Waals surface area contributed by atoms with Crippen molar-refractivity contribution in [3.8, 4) is 5.75 Å². The molecular formula is C21H27ClN2O6. The summed E-state index contributed by atoms with van der Waals surface area (Å²) >= 11 is 6.06. The van der Waals surface area contributed by atoms with E-state index in [1.54, 1.807) is 30.0 Å². The molecular weight excluding hydrogens is 412 g/mol. The molecule has 0 bridgehead atoms. The topological polar surface area (TPSA) is 85.4 Å². The highest BCUT2D eigenvalue weighted by atomic mass is 35.5. The highest BCUT2D eigenvalue weighted by molar-refractivity contribution is 6.31. The van der Waals surface area contributed by atoms with Gasteiger partial charge < -0.3 is 24.0 Å². The molecule has 2 heterocycles. The van der Waals surface area contributed by atoms with Gasteiger partial charge in [-0.05, 0) is 39.0 Å².